The minimum atomic E-state index is 0.255. The maximum atomic E-state index is 6.03. The normalized spacial score (nSPS) is 24.1. The fourth-order valence-electron chi connectivity index (χ4n) is 2.18. The van der Waals surface area contributed by atoms with Crippen molar-refractivity contribution in [2.24, 2.45) is 0 Å². The molecule has 1 N–H and O–H groups in total. The van der Waals surface area contributed by atoms with Crippen LogP contribution in [0, 0.1) is 0 Å². The predicted octanol–water partition coefficient (Wildman–Crippen LogP) is 3.55. The number of fused-ring (bicyclic) bond motifs is 1. The number of hydrogen-bond donors (Lipinski definition) is 1. The van der Waals surface area contributed by atoms with Crippen LogP contribution in [-0.4, -0.2) is 12.1 Å². The molecule has 0 radical (unpaired) electrons. The van der Waals surface area contributed by atoms with Crippen molar-refractivity contribution in [3.05, 3.63) is 28.8 Å². The lowest BCUT2D eigenvalue weighted by Crippen LogP contribution is -2.35. The third-order valence-electron chi connectivity index (χ3n) is 2.78. The molecule has 1 aromatic carbocycles. The molecule has 1 aliphatic heterocycles. The summed E-state index contributed by atoms with van der Waals surface area (Å²) in [5.41, 5.74) is 1.18. The number of ether oxygens (including phenoxy) is 1. The van der Waals surface area contributed by atoms with Gasteiger partial charge in [-0.2, -0.15) is 0 Å². The average Bonchev–Trinajstić information content (AvgIpc) is 2.18. The molecule has 2 rings (SSSR count). The highest BCUT2D eigenvalue weighted by molar-refractivity contribution is 6.30. The van der Waals surface area contributed by atoms with Gasteiger partial charge in [0.2, 0.25) is 0 Å². The second-order valence-corrected chi connectivity index (χ2v) is 5.16. The molecule has 0 aliphatic carbocycles. The van der Waals surface area contributed by atoms with Crippen molar-refractivity contribution in [2.45, 2.75) is 45.4 Å². The van der Waals surface area contributed by atoms with Crippen LogP contribution in [0.25, 0.3) is 0 Å². The van der Waals surface area contributed by atoms with Gasteiger partial charge in [-0.15, -0.1) is 0 Å². The zero-order valence-electron chi connectivity index (χ0n) is 9.96. The van der Waals surface area contributed by atoms with E-state index in [1.165, 1.54) is 5.56 Å². The Kier molecular flexibility index (Phi) is 3.41. The fraction of sp³-hybridized carbons (Fsp3) is 0.538. The lowest BCUT2D eigenvalue weighted by Gasteiger charge is -2.32. The Morgan fingerprint density at radius 2 is 2.19 bits per heavy atom. The molecule has 0 amide bonds. The highest BCUT2D eigenvalue weighted by atomic mass is 35.5. The predicted molar refractivity (Wildman–Crippen MR) is 67.2 cm³/mol. The highest BCUT2D eigenvalue weighted by Crippen LogP contribution is 2.36. The first-order valence-corrected chi connectivity index (χ1v) is 6.16. The van der Waals surface area contributed by atoms with E-state index >= 15 is 0 Å². The largest absolute Gasteiger partial charge is 0.490 e. The summed E-state index contributed by atoms with van der Waals surface area (Å²) < 4.78 is 5.80. The van der Waals surface area contributed by atoms with Crippen molar-refractivity contribution in [1.29, 1.82) is 0 Å². The smallest absolute Gasteiger partial charge is 0.124 e. The van der Waals surface area contributed by atoms with E-state index in [0.717, 1.165) is 17.2 Å². The van der Waals surface area contributed by atoms with Gasteiger partial charge in [-0.05, 0) is 25.1 Å². The van der Waals surface area contributed by atoms with E-state index < -0.39 is 0 Å². The summed E-state index contributed by atoms with van der Waals surface area (Å²) in [4.78, 5) is 0. The molecule has 0 aromatic heterocycles. The molecular weight excluding hydrogens is 222 g/mol. The molecule has 1 aromatic rings. The van der Waals surface area contributed by atoms with Crippen LogP contribution < -0.4 is 10.1 Å². The number of benzene rings is 1. The van der Waals surface area contributed by atoms with Gasteiger partial charge in [-0.1, -0.05) is 25.4 Å². The van der Waals surface area contributed by atoms with Gasteiger partial charge in [-0.3, -0.25) is 0 Å². The summed E-state index contributed by atoms with van der Waals surface area (Å²) >= 11 is 6.03. The Morgan fingerprint density at radius 1 is 1.44 bits per heavy atom. The molecule has 0 bridgehead atoms. The van der Waals surface area contributed by atoms with Gasteiger partial charge in [0.25, 0.3) is 0 Å². The van der Waals surface area contributed by atoms with Crippen molar-refractivity contribution < 1.29 is 4.74 Å². The van der Waals surface area contributed by atoms with Crippen LogP contribution in [0.2, 0.25) is 5.02 Å². The molecule has 16 heavy (non-hydrogen) atoms. The van der Waals surface area contributed by atoms with Gasteiger partial charge in [0.1, 0.15) is 5.75 Å². The zero-order chi connectivity index (χ0) is 11.7. The van der Waals surface area contributed by atoms with Crippen LogP contribution >= 0.6 is 11.6 Å². The molecule has 1 aliphatic rings. The summed E-state index contributed by atoms with van der Waals surface area (Å²) in [6.07, 6.45) is 1.25. The minimum Gasteiger partial charge on any atom is -0.490 e. The molecule has 88 valence electrons. The zero-order valence-corrected chi connectivity index (χ0v) is 10.7. The Labute approximate surface area is 102 Å². The Morgan fingerprint density at radius 3 is 2.88 bits per heavy atom. The van der Waals surface area contributed by atoms with E-state index in [1.54, 1.807) is 0 Å². The summed E-state index contributed by atoms with van der Waals surface area (Å²) in [6.45, 7) is 6.42. The molecule has 1 heterocycles. The molecule has 2 unspecified atom stereocenters. The van der Waals surface area contributed by atoms with Gasteiger partial charge in [0.05, 0.1) is 6.10 Å². The van der Waals surface area contributed by atoms with Gasteiger partial charge in [0.15, 0.2) is 0 Å². The van der Waals surface area contributed by atoms with Crippen LogP contribution in [0.5, 0.6) is 5.75 Å². The molecular formula is C13H18ClNO. The molecule has 0 spiro atoms. The summed E-state index contributed by atoms with van der Waals surface area (Å²) in [6, 6.07) is 6.65. The first kappa shape index (κ1) is 11.7. The Bertz CT molecular complexity index is 378. The van der Waals surface area contributed by atoms with Crippen LogP contribution in [0.15, 0.2) is 18.2 Å². The number of halogens is 1. The fourth-order valence-corrected chi connectivity index (χ4v) is 2.36. The minimum absolute atomic E-state index is 0.255. The lowest BCUT2D eigenvalue weighted by molar-refractivity contribution is 0.163. The standard InChI is InChI=1S/C13H18ClNO/c1-8(2)15-12-6-9(3)16-13-5-4-10(14)7-11(12)13/h4-5,7-9,12,15H,6H2,1-3H3. The molecule has 0 saturated carbocycles. The van der Waals surface area contributed by atoms with Crippen LogP contribution in [-0.2, 0) is 0 Å². The molecule has 3 heteroatoms. The second-order valence-electron chi connectivity index (χ2n) is 4.72. The van der Waals surface area contributed by atoms with Crippen molar-refractivity contribution in [3.8, 4) is 5.75 Å². The maximum Gasteiger partial charge on any atom is 0.124 e. The van der Waals surface area contributed by atoms with Gasteiger partial charge in [-0.25, -0.2) is 0 Å². The molecule has 2 nitrogen and oxygen atoms in total. The third-order valence-corrected chi connectivity index (χ3v) is 3.01. The van der Waals surface area contributed by atoms with Crippen LogP contribution in [0.4, 0.5) is 0 Å². The Hall–Kier alpha value is -0.730. The van der Waals surface area contributed by atoms with Crippen molar-refractivity contribution >= 4 is 11.6 Å². The van der Waals surface area contributed by atoms with E-state index in [9.17, 15) is 0 Å². The summed E-state index contributed by atoms with van der Waals surface area (Å²) in [5.74, 6) is 0.960. The molecule has 0 saturated heterocycles. The van der Waals surface area contributed by atoms with Crippen molar-refractivity contribution in [2.75, 3.05) is 0 Å². The SMILES string of the molecule is CC(C)NC1CC(C)Oc2ccc(Cl)cc21. The first-order valence-electron chi connectivity index (χ1n) is 5.78. The van der Waals surface area contributed by atoms with Crippen LogP contribution in [0.1, 0.15) is 38.8 Å². The average molecular weight is 240 g/mol. The van der Waals surface area contributed by atoms with E-state index in [2.05, 4.69) is 26.1 Å². The van der Waals surface area contributed by atoms with Crippen LogP contribution in [0.3, 0.4) is 0 Å². The quantitative estimate of drug-likeness (QED) is 0.852. The number of nitrogens with one attached hydrogen (secondary N) is 1. The highest BCUT2D eigenvalue weighted by Gasteiger charge is 2.26. The van der Waals surface area contributed by atoms with Gasteiger partial charge in [0, 0.05) is 29.1 Å². The number of hydrogen-bond acceptors (Lipinski definition) is 2. The topological polar surface area (TPSA) is 21.3 Å². The third kappa shape index (κ3) is 2.50. The maximum absolute atomic E-state index is 6.03. The summed E-state index contributed by atoms with van der Waals surface area (Å²) in [7, 11) is 0. The van der Waals surface area contributed by atoms with Crippen molar-refractivity contribution in [3.63, 3.8) is 0 Å². The van der Waals surface area contributed by atoms with E-state index in [0.29, 0.717) is 12.1 Å². The molecule has 0 fully saturated rings. The van der Waals surface area contributed by atoms with E-state index in [4.69, 9.17) is 16.3 Å². The second kappa shape index (κ2) is 4.64. The lowest BCUT2D eigenvalue weighted by atomic mass is 9.96. The van der Waals surface area contributed by atoms with Gasteiger partial charge >= 0.3 is 0 Å². The summed E-state index contributed by atoms with van der Waals surface area (Å²) in [5, 5.41) is 4.33. The van der Waals surface area contributed by atoms with Gasteiger partial charge < -0.3 is 10.1 Å². The monoisotopic (exact) mass is 239 g/mol. The molecule has 2 atom stereocenters. The Balaban J connectivity index is 2.31. The van der Waals surface area contributed by atoms with E-state index in [1.807, 2.05) is 18.2 Å². The van der Waals surface area contributed by atoms with Crippen molar-refractivity contribution in [1.82, 2.24) is 5.32 Å². The number of rotatable bonds is 2. The first-order chi connectivity index (χ1) is 7.56. The van der Waals surface area contributed by atoms with E-state index in [-0.39, 0.29) is 6.10 Å².